The second-order valence-electron chi connectivity index (χ2n) is 4.30. The molecular weight excluding hydrogens is 282 g/mol. The SMILES string of the molecule is CC(C)N=C1NN=C(c2cccs2)[C@@H](CC(=O)[O-])S1. The zero-order valence-corrected chi connectivity index (χ0v) is 12.3. The lowest BCUT2D eigenvalue weighted by molar-refractivity contribution is -0.305. The minimum absolute atomic E-state index is 0.0693. The number of thiophene rings is 1. The van der Waals surface area contributed by atoms with E-state index in [1.807, 2.05) is 31.4 Å². The van der Waals surface area contributed by atoms with Gasteiger partial charge in [0.1, 0.15) is 0 Å². The summed E-state index contributed by atoms with van der Waals surface area (Å²) in [5.41, 5.74) is 3.63. The molecule has 0 saturated carbocycles. The third-order valence-corrected chi connectivity index (χ3v) is 4.32. The lowest BCUT2D eigenvalue weighted by Crippen LogP contribution is -2.37. The van der Waals surface area contributed by atoms with E-state index in [9.17, 15) is 9.90 Å². The van der Waals surface area contributed by atoms with Crippen molar-refractivity contribution in [2.75, 3.05) is 0 Å². The highest BCUT2D eigenvalue weighted by molar-refractivity contribution is 8.15. The molecule has 102 valence electrons. The molecule has 7 heteroatoms. The fraction of sp³-hybridized carbons (Fsp3) is 0.417. The first-order valence-electron chi connectivity index (χ1n) is 5.88. The maximum atomic E-state index is 10.9. The van der Waals surface area contributed by atoms with Gasteiger partial charge in [0.25, 0.3) is 0 Å². The molecule has 0 saturated heterocycles. The second kappa shape index (κ2) is 6.21. The summed E-state index contributed by atoms with van der Waals surface area (Å²) in [4.78, 5) is 16.2. The van der Waals surface area contributed by atoms with Crippen LogP contribution in [0.3, 0.4) is 0 Å². The number of amidine groups is 1. The Balaban J connectivity index is 2.25. The zero-order valence-electron chi connectivity index (χ0n) is 10.6. The highest BCUT2D eigenvalue weighted by Crippen LogP contribution is 2.26. The van der Waals surface area contributed by atoms with Crippen molar-refractivity contribution in [1.82, 2.24) is 5.43 Å². The van der Waals surface area contributed by atoms with Gasteiger partial charge in [-0.1, -0.05) is 17.8 Å². The Bertz CT molecular complexity index is 509. The van der Waals surface area contributed by atoms with Gasteiger partial charge in [-0.2, -0.15) is 5.10 Å². The quantitative estimate of drug-likeness (QED) is 0.901. The van der Waals surface area contributed by atoms with E-state index in [1.54, 1.807) is 0 Å². The molecule has 1 aliphatic rings. The average Bonchev–Trinajstić information content (AvgIpc) is 2.81. The third-order valence-electron chi connectivity index (χ3n) is 2.33. The van der Waals surface area contributed by atoms with Crippen molar-refractivity contribution in [2.24, 2.45) is 10.1 Å². The van der Waals surface area contributed by atoms with Gasteiger partial charge in [-0.3, -0.25) is 10.4 Å². The van der Waals surface area contributed by atoms with Crippen LogP contribution in [0.2, 0.25) is 0 Å². The van der Waals surface area contributed by atoms with Crippen LogP contribution >= 0.6 is 23.1 Å². The smallest absolute Gasteiger partial charge is 0.178 e. The standard InChI is InChI=1S/C12H15N3O2S2/c1-7(2)13-12-15-14-11(8-4-3-5-18-8)9(19-12)6-10(16)17/h3-5,7,9H,6H2,1-2H3,(H,13,15)(H,16,17)/p-1/t9-/m1/s1. The van der Waals surface area contributed by atoms with Crippen molar-refractivity contribution in [1.29, 1.82) is 0 Å². The van der Waals surface area contributed by atoms with Crippen LogP contribution in [0.4, 0.5) is 0 Å². The minimum Gasteiger partial charge on any atom is -0.550 e. The molecule has 0 aliphatic carbocycles. The number of carboxylic acids is 1. The van der Waals surface area contributed by atoms with Gasteiger partial charge >= 0.3 is 0 Å². The lowest BCUT2D eigenvalue weighted by Gasteiger charge is -2.24. The lowest BCUT2D eigenvalue weighted by atomic mass is 10.1. The van der Waals surface area contributed by atoms with E-state index < -0.39 is 5.97 Å². The third kappa shape index (κ3) is 3.81. The fourth-order valence-corrected chi connectivity index (χ4v) is 3.61. The molecule has 19 heavy (non-hydrogen) atoms. The van der Waals surface area contributed by atoms with Crippen molar-refractivity contribution in [3.8, 4) is 0 Å². The van der Waals surface area contributed by atoms with E-state index in [4.69, 9.17) is 0 Å². The number of carboxylic acid groups (broad SMARTS) is 1. The van der Waals surface area contributed by atoms with E-state index in [2.05, 4.69) is 15.5 Å². The van der Waals surface area contributed by atoms with Crippen LogP contribution in [0.25, 0.3) is 0 Å². The molecule has 0 aromatic carbocycles. The summed E-state index contributed by atoms with van der Waals surface area (Å²) >= 11 is 2.93. The number of thioether (sulfide) groups is 1. The number of hydrogen-bond acceptors (Lipinski definition) is 6. The summed E-state index contributed by atoms with van der Waals surface area (Å²) in [5, 5.41) is 17.5. The number of carbonyl (C=O) groups excluding carboxylic acids is 1. The second-order valence-corrected chi connectivity index (χ2v) is 6.44. The Hall–Kier alpha value is -1.34. The van der Waals surface area contributed by atoms with Crippen molar-refractivity contribution in [3.63, 3.8) is 0 Å². The van der Waals surface area contributed by atoms with Crippen LogP contribution in [0, 0.1) is 0 Å². The molecule has 1 aromatic heterocycles. The first-order valence-corrected chi connectivity index (χ1v) is 7.64. The van der Waals surface area contributed by atoms with Crippen LogP contribution in [0.5, 0.6) is 0 Å². The van der Waals surface area contributed by atoms with Gasteiger partial charge < -0.3 is 9.90 Å². The normalized spacial score (nSPS) is 21.3. The van der Waals surface area contributed by atoms with Gasteiger partial charge in [-0.05, 0) is 25.3 Å². The van der Waals surface area contributed by atoms with Crippen molar-refractivity contribution >= 4 is 39.9 Å². The van der Waals surface area contributed by atoms with Gasteiger partial charge in [0.15, 0.2) is 5.17 Å². The van der Waals surface area contributed by atoms with Gasteiger partial charge in [0, 0.05) is 18.4 Å². The number of aliphatic carboxylic acids is 1. The van der Waals surface area contributed by atoms with E-state index in [0.29, 0.717) is 5.17 Å². The number of hydrogen-bond donors (Lipinski definition) is 1. The van der Waals surface area contributed by atoms with Gasteiger partial charge in [0.2, 0.25) is 0 Å². The monoisotopic (exact) mass is 296 g/mol. The van der Waals surface area contributed by atoms with Crippen LogP contribution in [-0.4, -0.2) is 28.1 Å². The molecule has 0 spiro atoms. The number of nitrogens with zero attached hydrogens (tertiary/aromatic N) is 2. The van der Waals surface area contributed by atoms with Gasteiger partial charge in [0.05, 0.1) is 15.8 Å². The largest absolute Gasteiger partial charge is 0.550 e. The van der Waals surface area contributed by atoms with Crippen LogP contribution in [0.15, 0.2) is 27.6 Å². The predicted molar refractivity (Wildman–Crippen MR) is 77.6 cm³/mol. The van der Waals surface area contributed by atoms with E-state index >= 15 is 0 Å². The molecule has 0 unspecified atom stereocenters. The molecule has 1 atom stereocenters. The summed E-state index contributed by atoms with van der Waals surface area (Å²) in [6.45, 7) is 3.92. The highest BCUT2D eigenvalue weighted by Gasteiger charge is 2.26. The highest BCUT2D eigenvalue weighted by atomic mass is 32.2. The predicted octanol–water partition coefficient (Wildman–Crippen LogP) is 1.06. The number of carbonyl (C=O) groups is 1. The molecular formula is C12H14N3O2S2-. The molecule has 2 rings (SSSR count). The van der Waals surface area contributed by atoms with E-state index in [0.717, 1.165) is 10.6 Å². The molecule has 1 aliphatic heterocycles. The van der Waals surface area contributed by atoms with Crippen LogP contribution in [0.1, 0.15) is 25.1 Å². The number of hydrazone groups is 1. The summed E-state index contributed by atoms with van der Waals surface area (Å²) in [6.07, 6.45) is -0.0693. The Morgan fingerprint density at radius 1 is 1.63 bits per heavy atom. The van der Waals surface area contributed by atoms with Crippen LogP contribution in [-0.2, 0) is 4.79 Å². The summed E-state index contributed by atoms with van der Waals surface area (Å²) in [5.74, 6) is -1.08. The fourth-order valence-electron chi connectivity index (χ4n) is 1.62. The summed E-state index contributed by atoms with van der Waals surface area (Å²) < 4.78 is 0. The maximum absolute atomic E-state index is 10.9. The Morgan fingerprint density at radius 2 is 2.42 bits per heavy atom. The van der Waals surface area contributed by atoms with Crippen LogP contribution < -0.4 is 10.5 Å². The maximum Gasteiger partial charge on any atom is 0.178 e. The molecule has 2 heterocycles. The molecule has 1 aromatic rings. The molecule has 1 N–H and O–H groups in total. The van der Waals surface area contributed by atoms with Crippen molar-refractivity contribution in [3.05, 3.63) is 22.4 Å². The Morgan fingerprint density at radius 3 is 3.00 bits per heavy atom. The summed E-state index contributed by atoms with van der Waals surface area (Å²) in [7, 11) is 0. The summed E-state index contributed by atoms with van der Waals surface area (Å²) in [6, 6.07) is 3.98. The molecule has 0 bridgehead atoms. The van der Waals surface area contributed by atoms with E-state index in [-0.39, 0.29) is 17.7 Å². The number of nitrogens with one attached hydrogen (secondary N) is 1. The minimum atomic E-state index is -1.08. The van der Waals surface area contributed by atoms with E-state index in [1.165, 1.54) is 23.1 Å². The number of rotatable bonds is 4. The van der Waals surface area contributed by atoms with Crippen molar-refractivity contribution < 1.29 is 9.90 Å². The molecule has 0 amide bonds. The Labute approximate surface area is 119 Å². The van der Waals surface area contributed by atoms with Crippen molar-refractivity contribution in [2.45, 2.75) is 31.6 Å². The molecule has 0 fully saturated rings. The molecule has 5 nitrogen and oxygen atoms in total. The average molecular weight is 296 g/mol. The van der Waals surface area contributed by atoms with Gasteiger partial charge in [-0.15, -0.1) is 11.3 Å². The first-order chi connectivity index (χ1) is 9.06. The van der Waals surface area contributed by atoms with Gasteiger partial charge in [-0.25, -0.2) is 0 Å². The topological polar surface area (TPSA) is 76.9 Å². The first kappa shape index (κ1) is 14.1. The zero-order chi connectivity index (χ0) is 13.8. The molecule has 0 radical (unpaired) electrons. The Kier molecular flexibility index (Phi) is 4.60. The number of aliphatic imine (C=N–C) groups is 1.